The Morgan fingerprint density at radius 3 is 2.91 bits per heavy atom. The lowest BCUT2D eigenvalue weighted by Gasteiger charge is -2.32. The van der Waals surface area contributed by atoms with Crippen molar-refractivity contribution in [3.63, 3.8) is 0 Å². The van der Waals surface area contributed by atoms with Gasteiger partial charge in [0.25, 0.3) is 0 Å². The highest BCUT2D eigenvalue weighted by Crippen LogP contribution is 2.32. The number of carbonyl (C=O) groups excluding carboxylic acids is 1. The van der Waals surface area contributed by atoms with Crippen molar-refractivity contribution >= 4 is 22.9 Å². The number of hydrogen-bond donors (Lipinski definition) is 1. The second kappa shape index (κ2) is 6.30. The smallest absolute Gasteiger partial charge is 0.238 e. The van der Waals surface area contributed by atoms with Gasteiger partial charge < -0.3 is 5.32 Å². The minimum Gasteiger partial charge on any atom is -0.325 e. The van der Waals surface area contributed by atoms with Gasteiger partial charge >= 0.3 is 0 Å². The molecule has 0 aliphatic carbocycles. The van der Waals surface area contributed by atoms with Gasteiger partial charge in [-0.05, 0) is 54.6 Å². The minimum atomic E-state index is -0.0183. The summed E-state index contributed by atoms with van der Waals surface area (Å²) in [5.74, 6) is -0.0183. The highest BCUT2D eigenvalue weighted by Gasteiger charge is 2.25. The summed E-state index contributed by atoms with van der Waals surface area (Å²) in [4.78, 5) is 15.9. The largest absolute Gasteiger partial charge is 0.325 e. The van der Waals surface area contributed by atoms with Crippen LogP contribution in [0.25, 0.3) is 0 Å². The summed E-state index contributed by atoms with van der Waals surface area (Å²) in [6.07, 6.45) is 1.02. The summed E-state index contributed by atoms with van der Waals surface area (Å²) in [6.45, 7) is 3.45. The summed E-state index contributed by atoms with van der Waals surface area (Å²) in [5.41, 5.74) is 2.67. The fourth-order valence-corrected chi connectivity index (χ4v) is 3.75. The molecule has 1 N–H and O–H groups in total. The molecule has 3 rings (SSSR count). The first-order valence-electron chi connectivity index (χ1n) is 7.27. The highest BCUT2D eigenvalue weighted by molar-refractivity contribution is 7.10. The molecule has 0 saturated carbocycles. The van der Waals surface area contributed by atoms with E-state index in [0.29, 0.717) is 12.1 Å². The van der Waals surface area contributed by atoms with Gasteiger partial charge in [-0.15, -0.1) is 11.3 Å². The number of benzene rings is 1. The summed E-state index contributed by atoms with van der Waals surface area (Å²) in [5, 5.41) is 13.8. The molecule has 0 saturated heterocycles. The Morgan fingerprint density at radius 1 is 1.41 bits per heavy atom. The fourth-order valence-electron chi connectivity index (χ4n) is 2.79. The molecule has 1 aliphatic heterocycles. The quantitative estimate of drug-likeness (QED) is 0.947. The lowest BCUT2D eigenvalue weighted by molar-refractivity contribution is -0.117. The Hall–Kier alpha value is -2.16. The van der Waals surface area contributed by atoms with Gasteiger partial charge in [0.2, 0.25) is 5.91 Å². The molecule has 1 amide bonds. The van der Waals surface area contributed by atoms with E-state index in [1.165, 1.54) is 10.4 Å². The van der Waals surface area contributed by atoms with Crippen molar-refractivity contribution in [2.75, 3.05) is 18.4 Å². The van der Waals surface area contributed by atoms with E-state index in [4.69, 9.17) is 5.26 Å². The van der Waals surface area contributed by atoms with Crippen LogP contribution in [0.15, 0.2) is 35.7 Å². The van der Waals surface area contributed by atoms with E-state index in [2.05, 4.69) is 34.7 Å². The molecule has 0 fully saturated rings. The lowest BCUT2D eigenvalue weighted by Crippen LogP contribution is -2.39. The molecular formula is C17H17N3OS. The Labute approximate surface area is 134 Å². The Bertz CT molecular complexity index is 714. The van der Waals surface area contributed by atoms with Gasteiger partial charge in [0, 0.05) is 23.2 Å². The molecule has 2 aromatic rings. The normalized spacial score (nSPS) is 17.5. The van der Waals surface area contributed by atoms with Gasteiger partial charge in [0.15, 0.2) is 0 Å². The maximum atomic E-state index is 12.2. The average molecular weight is 311 g/mol. The van der Waals surface area contributed by atoms with Gasteiger partial charge in [0.1, 0.15) is 0 Å². The van der Waals surface area contributed by atoms with E-state index in [0.717, 1.165) is 18.7 Å². The van der Waals surface area contributed by atoms with Crippen molar-refractivity contribution in [2.24, 2.45) is 0 Å². The zero-order valence-corrected chi connectivity index (χ0v) is 13.2. The Morgan fingerprint density at radius 2 is 2.18 bits per heavy atom. The maximum Gasteiger partial charge on any atom is 0.238 e. The highest BCUT2D eigenvalue weighted by atomic mass is 32.1. The zero-order chi connectivity index (χ0) is 15.5. The van der Waals surface area contributed by atoms with E-state index < -0.39 is 0 Å². The molecule has 4 nitrogen and oxygen atoms in total. The van der Waals surface area contributed by atoms with Crippen LogP contribution in [0.2, 0.25) is 0 Å². The van der Waals surface area contributed by atoms with Crippen molar-refractivity contribution in [1.29, 1.82) is 5.26 Å². The number of nitrogens with one attached hydrogen (secondary N) is 1. The molecule has 0 spiro atoms. The fraction of sp³-hybridized carbons (Fsp3) is 0.294. The predicted octanol–water partition coefficient (Wildman–Crippen LogP) is 3.18. The number of hydrogen-bond acceptors (Lipinski definition) is 4. The van der Waals surface area contributed by atoms with Crippen LogP contribution in [-0.4, -0.2) is 23.9 Å². The van der Waals surface area contributed by atoms with Crippen LogP contribution in [0.5, 0.6) is 0 Å². The van der Waals surface area contributed by atoms with Gasteiger partial charge in [-0.2, -0.15) is 5.26 Å². The third kappa shape index (κ3) is 3.03. The maximum absolute atomic E-state index is 12.2. The second-order valence-electron chi connectivity index (χ2n) is 5.43. The monoisotopic (exact) mass is 311 g/mol. The van der Waals surface area contributed by atoms with E-state index in [-0.39, 0.29) is 11.9 Å². The van der Waals surface area contributed by atoms with Gasteiger partial charge in [0.05, 0.1) is 18.2 Å². The zero-order valence-electron chi connectivity index (χ0n) is 12.4. The number of rotatable bonds is 3. The third-order valence-corrected chi connectivity index (χ3v) is 5.04. The van der Waals surface area contributed by atoms with E-state index in [9.17, 15) is 4.79 Å². The van der Waals surface area contributed by atoms with Crippen LogP contribution < -0.4 is 5.32 Å². The molecule has 1 aromatic carbocycles. The van der Waals surface area contributed by atoms with Gasteiger partial charge in [-0.3, -0.25) is 9.69 Å². The first-order valence-corrected chi connectivity index (χ1v) is 8.15. The van der Waals surface area contributed by atoms with Crippen molar-refractivity contribution in [1.82, 2.24) is 4.90 Å². The summed E-state index contributed by atoms with van der Waals surface area (Å²) in [6, 6.07) is 11.4. The minimum absolute atomic E-state index is 0.0183. The van der Waals surface area contributed by atoms with Crippen molar-refractivity contribution in [3.8, 4) is 6.07 Å². The number of fused-ring (bicyclic) bond motifs is 1. The number of thiophene rings is 1. The topological polar surface area (TPSA) is 56.1 Å². The first-order chi connectivity index (χ1) is 10.7. The van der Waals surface area contributed by atoms with Gasteiger partial charge in [-0.1, -0.05) is 0 Å². The number of amides is 1. The van der Waals surface area contributed by atoms with Gasteiger partial charge in [-0.25, -0.2) is 0 Å². The predicted molar refractivity (Wildman–Crippen MR) is 87.8 cm³/mol. The molecule has 2 heterocycles. The number of anilines is 1. The average Bonchev–Trinajstić information content (AvgIpc) is 3.00. The van der Waals surface area contributed by atoms with E-state index >= 15 is 0 Å². The standard InChI is InChI=1S/C17H17N3OS/c1-12-15-7-9-22-16(15)6-8-20(12)11-17(21)19-14-4-2-13(10-18)3-5-14/h2-5,7,9,12H,6,8,11H2,1H3,(H,19,21)/t12-/m1/s1. The van der Waals surface area contributed by atoms with Crippen molar-refractivity contribution in [2.45, 2.75) is 19.4 Å². The summed E-state index contributed by atoms with van der Waals surface area (Å²) >= 11 is 1.80. The van der Waals surface area contributed by atoms with Crippen LogP contribution in [0.3, 0.4) is 0 Å². The number of nitriles is 1. The number of nitrogens with zero attached hydrogens (tertiary/aromatic N) is 2. The van der Waals surface area contributed by atoms with Crippen LogP contribution in [0.1, 0.15) is 29.0 Å². The SMILES string of the molecule is C[C@@H]1c2ccsc2CCN1CC(=O)Nc1ccc(C#N)cc1. The molecule has 0 bridgehead atoms. The second-order valence-corrected chi connectivity index (χ2v) is 6.43. The Balaban J connectivity index is 1.61. The first kappa shape index (κ1) is 14.8. The van der Waals surface area contributed by atoms with Crippen molar-refractivity contribution < 1.29 is 4.79 Å². The molecule has 5 heteroatoms. The molecule has 1 aromatic heterocycles. The molecule has 22 heavy (non-hydrogen) atoms. The molecule has 0 radical (unpaired) electrons. The summed E-state index contributed by atoms with van der Waals surface area (Å²) in [7, 11) is 0. The molecule has 112 valence electrons. The third-order valence-electron chi connectivity index (χ3n) is 4.05. The Kier molecular flexibility index (Phi) is 4.23. The van der Waals surface area contributed by atoms with Crippen molar-refractivity contribution in [3.05, 3.63) is 51.7 Å². The molecule has 1 aliphatic rings. The van der Waals surface area contributed by atoms with Crippen LogP contribution in [-0.2, 0) is 11.2 Å². The van der Waals surface area contributed by atoms with Crippen LogP contribution in [0, 0.1) is 11.3 Å². The van der Waals surface area contributed by atoms with E-state index in [1.54, 1.807) is 35.6 Å². The molecule has 0 unspecified atom stereocenters. The molecule has 1 atom stereocenters. The van der Waals surface area contributed by atoms with Crippen LogP contribution in [0.4, 0.5) is 5.69 Å². The van der Waals surface area contributed by atoms with Crippen LogP contribution >= 0.6 is 11.3 Å². The van der Waals surface area contributed by atoms with E-state index in [1.807, 2.05) is 0 Å². The molecular weight excluding hydrogens is 294 g/mol. The lowest BCUT2D eigenvalue weighted by atomic mass is 10.0. The number of carbonyl (C=O) groups is 1. The summed E-state index contributed by atoms with van der Waals surface area (Å²) < 4.78 is 0.